The van der Waals surface area contributed by atoms with Gasteiger partial charge in [-0.1, -0.05) is 42.1 Å². The summed E-state index contributed by atoms with van der Waals surface area (Å²) in [6, 6.07) is 19.9. The number of benzene rings is 3. The highest BCUT2D eigenvalue weighted by molar-refractivity contribution is 7.99. The number of carbonyl (C=O) groups excluding carboxylic acids is 1. The van der Waals surface area contributed by atoms with Gasteiger partial charge in [-0.25, -0.2) is 4.39 Å². The van der Waals surface area contributed by atoms with Crippen molar-refractivity contribution >= 4 is 29.0 Å². The summed E-state index contributed by atoms with van der Waals surface area (Å²) in [5, 5.41) is 14.2. The van der Waals surface area contributed by atoms with Crippen LogP contribution in [0.2, 0.25) is 0 Å². The van der Waals surface area contributed by atoms with Crippen molar-refractivity contribution in [2.45, 2.75) is 17.9 Å². The van der Waals surface area contributed by atoms with Crippen molar-refractivity contribution in [3.05, 3.63) is 96.1 Å². The van der Waals surface area contributed by atoms with E-state index in [1.54, 1.807) is 16.7 Å². The van der Waals surface area contributed by atoms with Crippen LogP contribution in [0, 0.1) is 5.82 Å². The maximum atomic E-state index is 13.2. The number of anilines is 2. The quantitative estimate of drug-likeness (QED) is 0.237. The normalized spacial score (nSPS) is 11.3. The third-order valence-electron chi connectivity index (χ3n) is 4.85. The van der Waals surface area contributed by atoms with Crippen molar-refractivity contribution in [2.75, 3.05) is 16.4 Å². The van der Waals surface area contributed by atoms with Gasteiger partial charge in [-0.3, -0.25) is 9.36 Å². The van der Waals surface area contributed by atoms with Gasteiger partial charge in [0.25, 0.3) is 0 Å². The molecule has 0 saturated carbocycles. The lowest BCUT2D eigenvalue weighted by molar-refractivity contribution is -0.137. The lowest BCUT2D eigenvalue weighted by atomic mass is 10.1. The Labute approximate surface area is 202 Å². The number of rotatable bonds is 8. The highest BCUT2D eigenvalue weighted by Crippen LogP contribution is 2.34. The molecule has 35 heavy (non-hydrogen) atoms. The number of carbonyl (C=O) groups is 1. The van der Waals surface area contributed by atoms with Crippen molar-refractivity contribution in [3.63, 3.8) is 0 Å². The number of alkyl halides is 3. The smallest absolute Gasteiger partial charge is 0.378 e. The van der Waals surface area contributed by atoms with Crippen LogP contribution < -0.4 is 10.6 Å². The average Bonchev–Trinajstić information content (AvgIpc) is 3.25. The summed E-state index contributed by atoms with van der Waals surface area (Å²) in [6.45, 7) is 0.263. The van der Waals surface area contributed by atoms with Crippen LogP contribution in [0.5, 0.6) is 0 Å². The first-order chi connectivity index (χ1) is 16.8. The summed E-state index contributed by atoms with van der Waals surface area (Å²) < 4.78 is 54.5. The molecule has 4 aromatic rings. The predicted octanol–water partition coefficient (Wildman–Crippen LogP) is 5.77. The molecular formula is C24H19F4N5OS. The molecule has 0 bridgehead atoms. The minimum absolute atomic E-state index is 0.178. The zero-order valence-electron chi connectivity index (χ0n) is 18.1. The summed E-state index contributed by atoms with van der Waals surface area (Å²) >= 11 is 1.05. The predicted molar refractivity (Wildman–Crippen MR) is 126 cm³/mol. The Kier molecular flexibility index (Phi) is 7.35. The van der Waals surface area contributed by atoms with Crippen molar-refractivity contribution in [3.8, 4) is 5.69 Å². The number of halogens is 4. The molecule has 0 fully saturated rings. The molecule has 4 rings (SSSR count). The molecule has 0 saturated heterocycles. The molecule has 0 atom stereocenters. The Balaban J connectivity index is 1.50. The first-order valence-electron chi connectivity index (χ1n) is 10.4. The second kappa shape index (κ2) is 10.6. The van der Waals surface area contributed by atoms with Crippen LogP contribution in [0.3, 0.4) is 0 Å². The number of nitrogens with zero attached hydrogens (tertiary/aromatic N) is 3. The lowest BCUT2D eigenvalue weighted by Crippen LogP contribution is -2.18. The third kappa shape index (κ3) is 6.18. The van der Waals surface area contributed by atoms with E-state index in [4.69, 9.17) is 0 Å². The number of aromatic nitrogens is 3. The van der Waals surface area contributed by atoms with E-state index in [2.05, 4.69) is 20.8 Å². The van der Waals surface area contributed by atoms with Gasteiger partial charge in [0.15, 0.2) is 11.0 Å². The number of nitrogens with one attached hydrogen (secondary N) is 2. The summed E-state index contributed by atoms with van der Waals surface area (Å²) in [4.78, 5) is 12.5. The van der Waals surface area contributed by atoms with Crippen LogP contribution in [0.4, 0.5) is 28.9 Å². The van der Waals surface area contributed by atoms with E-state index in [-0.39, 0.29) is 23.8 Å². The maximum absolute atomic E-state index is 13.2. The molecule has 0 aliphatic rings. The maximum Gasteiger partial charge on any atom is 0.418 e. The van der Waals surface area contributed by atoms with Crippen molar-refractivity contribution in [2.24, 2.45) is 0 Å². The SMILES string of the molecule is O=C(CSc1nnc(CNc2ccc(F)cc2)n1-c1ccccc1)Nc1ccccc1C(F)(F)F. The van der Waals surface area contributed by atoms with E-state index >= 15 is 0 Å². The van der Waals surface area contributed by atoms with Crippen LogP contribution in [0.15, 0.2) is 84.0 Å². The van der Waals surface area contributed by atoms with Crippen LogP contribution in [-0.2, 0) is 17.5 Å². The Bertz CT molecular complexity index is 1290. The first kappa shape index (κ1) is 24.3. The largest absolute Gasteiger partial charge is 0.418 e. The average molecular weight is 502 g/mol. The van der Waals surface area contributed by atoms with E-state index in [0.717, 1.165) is 23.5 Å². The molecule has 6 nitrogen and oxygen atoms in total. The molecule has 1 heterocycles. The van der Waals surface area contributed by atoms with Gasteiger partial charge in [-0.2, -0.15) is 13.2 Å². The Hall–Kier alpha value is -3.86. The van der Waals surface area contributed by atoms with E-state index in [9.17, 15) is 22.4 Å². The Morgan fingerprint density at radius 2 is 1.60 bits per heavy atom. The zero-order valence-corrected chi connectivity index (χ0v) is 18.9. The van der Waals surface area contributed by atoms with Crippen molar-refractivity contribution in [1.82, 2.24) is 14.8 Å². The molecular weight excluding hydrogens is 482 g/mol. The molecule has 0 radical (unpaired) electrons. The van der Waals surface area contributed by atoms with Crippen LogP contribution >= 0.6 is 11.8 Å². The van der Waals surface area contributed by atoms with Gasteiger partial charge in [0, 0.05) is 11.4 Å². The fourth-order valence-electron chi connectivity index (χ4n) is 3.25. The summed E-state index contributed by atoms with van der Waals surface area (Å²) in [5.74, 6) is -0.605. The topological polar surface area (TPSA) is 71.8 Å². The first-order valence-corrected chi connectivity index (χ1v) is 11.4. The zero-order chi connectivity index (χ0) is 24.8. The number of para-hydroxylation sites is 2. The van der Waals surface area contributed by atoms with Gasteiger partial charge < -0.3 is 10.6 Å². The summed E-state index contributed by atoms with van der Waals surface area (Å²) in [7, 11) is 0. The van der Waals surface area contributed by atoms with E-state index in [0.29, 0.717) is 16.7 Å². The second-order valence-corrected chi connectivity index (χ2v) is 8.25. The molecule has 2 N–H and O–H groups in total. The number of amides is 1. The fourth-order valence-corrected chi connectivity index (χ4v) is 4.02. The molecule has 180 valence electrons. The van der Waals surface area contributed by atoms with Gasteiger partial charge in [0.2, 0.25) is 5.91 Å². The van der Waals surface area contributed by atoms with Crippen LogP contribution in [0.1, 0.15) is 11.4 Å². The number of hydrogen-bond acceptors (Lipinski definition) is 5. The third-order valence-corrected chi connectivity index (χ3v) is 5.78. The molecule has 0 unspecified atom stereocenters. The molecule has 3 aromatic carbocycles. The highest BCUT2D eigenvalue weighted by atomic mass is 32.2. The molecule has 0 aliphatic carbocycles. The van der Waals surface area contributed by atoms with Gasteiger partial charge in [-0.15, -0.1) is 10.2 Å². The van der Waals surface area contributed by atoms with E-state index < -0.39 is 17.6 Å². The standard InChI is InChI=1S/C24H19F4N5OS/c25-16-10-12-17(13-11-16)29-14-21-31-32-23(33(21)18-6-2-1-3-7-18)35-15-22(34)30-20-9-5-4-8-19(20)24(26,27)28/h1-13,29H,14-15H2,(H,30,34). The minimum atomic E-state index is -4.59. The van der Waals surface area contributed by atoms with E-state index in [1.807, 2.05) is 30.3 Å². The monoisotopic (exact) mass is 501 g/mol. The molecule has 0 spiro atoms. The summed E-state index contributed by atoms with van der Waals surface area (Å²) in [5.41, 5.74) is 0.212. The van der Waals surface area contributed by atoms with Gasteiger partial charge >= 0.3 is 6.18 Å². The van der Waals surface area contributed by atoms with Gasteiger partial charge in [0.1, 0.15) is 5.82 Å². The lowest BCUT2D eigenvalue weighted by Gasteiger charge is -2.14. The fraction of sp³-hybridized carbons (Fsp3) is 0.125. The number of hydrogen-bond donors (Lipinski definition) is 2. The highest BCUT2D eigenvalue weighted by Gasteiger charge is 2.33. The molecule has 11 heteroatoms. The molecule has 1 aromatic heterocycles. The van der Waals surface area contributed by atoms with Crippen molar-refractivity contribution in [1.29, 1.82) is 0 Å². The molecule has 1 amide bonds. The van der Waals surface area contributed by atoms with Crippen molar-refractivity contribution < 1.29 is 22.4 Å². The number of thioether (sulfide) groups is 1. The van der Waals surface area contributed by atoms with Crippen LogP contribution in [0.25, 0.3) is 5.69 Å². The molecule has 0 aliphatic heterocycles. The van der Waals surface area contributed by atoms with Gasteiger partial charge in [-0.05, 0) is 48.5 Å². The Morgan fingerprint density at radius 3 is 2.31 bits per heavy atom. The van der Waals surface area contributed by atoms with Crippen LogP contribution in [-0.4, -0.2) is 26.4 Å². The van der Waals surface area contributed by atoms with E-state index in [1.165, 1.54) is 30.3 Å². The van der Waals surface area contributed by atoms with Gasteiger partial charge in [0.05, 0.1) is 23.5 Å². The minimum Gasteiger partial charge on any atom is -0.378 e. The Morgan fingerprint density at radius 1 is 0.914 bits per heavy atom. The second-order valence-electron chi connectivity index (χ2n) is 7.31. The summed E-state index contributed by atoms with van der Waals surface area (Å²) in [6.07, 6.45) is -4.59.